The second-order valence-electron chi connectivity index (χ2n) is 7.21. The van der Waals surface area contributed by atoms with Gasteiger partial charge in [0, 0.05) is 19.3 Å². The molecular formula is C21H18F3N7O2. The van der Waals surface area contributed by atoms with Crippen LogP contribution in [0, 0.1) is 0 Å². The van der Waals surface area contributed by atoms with Crippen molar-refractivity contribution in [2.75, 3.05) is 30.0 Å². The third-order valence-electron chi connectivity index (χ3n) is 4.97. The van der Waals surface area contributed by atoms with E-state index >= 15 is 0 Å². The van der Waals surface area contributed by atoms with E-state index in [0.717, 1.165) is 6.07 Å². The quantitative estimate of drug-likeness (QED) is 0.643. The lowest BCUT2D eigenvalue weighted by Gasteiger charge is -2.36. The molecule has 1 aliphatic rings. The predicted molar refractivity (Wildman–Crippen MR) is 111 cm³/mol. The minimum Gasteiger partial charge on any atom is -0.337 e. The Balaban J connectivity index is 1.46. The standard InChI is InChI=1S/C21H18F3N7O2/c22-21(23,24)15-6-2-1-5-14(15)20(33)31-12-4-11-30(13-31)18-9-8-16(27-29-18)19(32)26-17-7-3-10-25-28-17/h1-3,5-10H,4,11-13H2,(H,26,28,32). The lowest BCUT2D eigenvalue weighted by atomic mass is 10.1. The number of anilines is 2. The number of rotatable bonds is 4. The zero-order chi connectivity index (χ0) is 23.4. The van der Waals surface area contributed by atoms with Crippen molar-refractivity contribution < 1.29 is 22.8 Å². The number of amides is 2. The van der Waals surface area contributed by atoms with Crippen LogP contribution in [0.2, 0.25) is 0 Å². The van der Waals surface area contributed by atoms with Crippen molar-refractivity contribution in [3.05, 3.63) is 71.5 Å². The monoisotopic (exact) mass is 457 g/mol. The summed E-state index contributed by atoms with van der Waals surface area (Å²) in [6.45, 7) is 0.892. The molecule has 0 aliphatic carbocycles. The number of hydrogen-bond acceptors (Lipinski definition) is 7. The molecule has 1 aromatic carbocycles. The van der Waals surface area contributed by atoms with E-state index < -0.39 is 29.1 Å². The van der Waals surface area contributed by atoms with Gasteiger partial charge in [-0.15, -0.1) is 15.3 Å². The molecule has 1 aliphatic heterocycles. The summed E-state index contributed by atoms with van der Waals surface area (Å²) in [5.74, 6) is -0.570. The van der Waals surface area contributed by atoms with Crippen LogP contribution in [0.5, 0.6) is 0 Å². The molecule has 0 radical (unpaired) electrons. The SMILES string of the molecule is O=C(Nc1cccnn1)c1ccc(N2CCCN(C(=O)c3ccccc3C(F)(F)F)C2)nn1. The van der Waals surface area contributed by atoms with E-state index in [1.54, 1.807) is 23.1 Å². The van der Waals surface area contributed by atoms with Gasteiger partial charge in [0.2, 0.25) is 0 Å². The molecular weight excluding hydrogens is 439 g/mol. The van der Waals surface area contributed by atoms with Gasteiger partial charge in [-0.3, -0.25) is 9.59 Å². The minimum absolute atomic E-state index is 0.0465. The van der Waals surface area contributed by atoms with E-state index in [0.29, 0.717) is 25.3 Å². The average Bonchev–Trinajstić information content (AvgIpc) is 2.84. The van der Waals surface area contributed by atoms with Crippen LogP contribution < -0.4 is 10.2 Å². The van der Waals surface area contributed by atoms with E-state index in [2.05, 4.69) is 25.7 Å². The van der Waals surface area contributed by atoms with Crippen molar-refractivity contribution in [3.8, 4) is 0 Å². The molecule has 3 heterocycles. The first-order valence-electron chi connectivity index (χ1n) is 9.96. The number of hydrogen-bond donors (Lipinski definition) is 1. The van der Waals surface area contributed by atoms with Gasteiger partial charge < -0.3 is 15.1 Å². The molecule has 1 fully saturated rings. The minimum atomic E-state index is -4.63. The first kappa shape index (κ1) is 22.1. The van der Waals surface area contributed by atoms with Crippen LogP contribution >= 0.6 is 0 Å². The molecule has 3 aromatic rings. The van der Waals surface area contributed by atoms with Gasteiger partial charge in [0.25, 0.3) is 11.8 Å². The van der Waals surface area contributed by atoms with Crippen molar-refractivity contribution in [2.24, 2.45) is 0 Å². The molecule has 2 aromatic heterocycles. The first-order valence-corrected chi connectivity index (χ1v) is 9.96. The molecule has 0 saturated carbocycles. The third-order valence-corrected chi connectivity index (χ3v) is 4.97. The average molecular weight is 457 g/mol. The van der Waals surface area contributed by atoms with Crippen LogP contribution in [-0.4, -0.2) is 56.9 Å². The van der Waals surface area contributed by atoms with Gasteiger partial charge in [-0.2, -0.15) is 18.3 Å². The Morgan fingerprint density at radius 3 is 2.45 bits per heavy atom. The molecule has 0 spiro atoms. The van der Waals surface area contributed by atoms with Gasteiger partial charge in [0.15, 0.2) is 17.3 Å². The number of carbonyl (C=O) groups is 2. The fourth-order valence-electron chi connectivity index (χ4n) is 3.40. The molecule has 4 rings (SSSR count). The topological polar surface area (TPSA) is 104 Å². The summed E-state index contributed by atoms with van der Waals surface area (Å²) in [6.07, 6.45) is -2.62. The highest BCUT2D eigenvalue weighted by molar-refractivity contribution is 6.02. The maximum Gasteiger partial charge on any atom is 0.417 e. The van der Waals surface area contributed by atoms with Crippen LogP contribution in [0.25, 0.3) is 0 Å². The fraction of sp³-hybridized carbons (Fsp3) is 0.238. The Bertz CT molecular complexity index is 1140. The Labute approximate surface area is 186 Å². The smallest absolute Gasteiger partial charge is 0.337 e. The maximum atomic E-state index is 13.3. The molecule has 0 unspecified atom stereocenters. The van der Waals surface area contributed by atoms with Gasteiger partial charge >= 0.3 is 6.18 Å². The summed E-state index contributed by atoms with van der Waals surface area (Å²) < 4.78 is 40.0. The molecule has 0 bridgehead atoms. The number of benzene rings is 1. The zero-order valence-corrected chi connectivity index (χ0v) is 17.2. The molecule has 2 amide bonds. The van der Waals surface area contributed by atoms with E-state index in [1.165, 1.54) is 35.4 Å². The predicted octanol–water partition coefficient (Wildman–Crippen LogP) is 2.85. The van der Waals surface area contributed by atoms with Crippen LogP contribution in [0.1, 0.15) is 32.8 Å². The number of nitrogens with zero attached hydrogens (tertiary/aromatic N) is 6. The van der Waals surface area contributed by atoms with E-state index in [4.69, 9.17) is 0 Å². The molecule has 1 N–H and O–H groups in total. The van der Waals surface area contributed by atoms with Gasteiger partial charge in [0.1, 0.15) is 0 Å². The molecule has 170 valence electrons. The number of aromatic nitrogens is 4. The maximum absolute atomic E-state index is 13.3. The number of alkyl halides is 3. The van der Waals surface area contributed by atoms with Crippen molar-refractivity contribution in [1.29, 1.82) is 0 Å². The highest BCUT2D eigenvalue weighted by Crippen LogP contribution is 2.32. The number of halogens is 3. The first-order chi connectivity index (χ1) is 15.8. The van der Waals surface area contributed by atoms with E-state index in [9.17, 15) is 22.8 Å². The summed E-state index contributed by atoms with van der Waals surface area (Å²) in [6, 6.07) is 10.9. The fourth-order valence-corrected chi connectivity index (χ4v) is 3.40. The highest BCUT2D eigenvalue weighted by atomic mass is 19.4. The second-order valence-corrected chi connectivity index (χ2v) is 7.21. The normalized spacial score (nSPS) is 14.2. The molecule has 12 heteroatoms. The summed E-state index contributed by atoms with van der Waals surface area (Å²) in [7, 11) is 0. The van der Waals surface area contributed by atoms with Gasteiger partial charge in [-0.1, -0.05) is 12.1 Å². The van der Waals surface area contributed by atoms with Crippen LogP contribution in [0.15, 0.2) is 54.7 Å². The van der Waals surface area contributed by atoms with Crippen molar-refractivity contribution in [3.63, 3.8) is 0 Å². The molecule has 9 nitrogen and oxygen atoms in total. The molecule has 1 saturated heterocycles. The Hall–Kier alpha value is -4.09. The number of nitrogens with one attached hydrogen (secondary N) is 1. The Morgan fingerprint density at radius 2 is 1.76 bits per heavy atom. The van der Waals surface area contributed by atoms with Crippen molar-refractivity contribution in [2.45, 2.75) is 12.6 Å². The van der Waals surface area contributed by atoms with Crippen LogP contribution in [-0.2, 0) is 6.18 Å². The summed E-state index contributed by atoms with van der Waals surface area (Å²) in [5, 5.41) is 17.9. The highest BCUT2D eigenvalue weighted by Gasteiger charge is 2.36. The van der Waals surface area contributed by atoms with Crippen LogP contribution in [0.4, 0.5) is 24.8 Å². The number of carbonyl (C=O) groups excluding carboxylic acids is 2. The van der Waals surface area contributed by atoms with Crippen molar-refractivity contribution >= 4 is 23.5 Å². The van der Waals surface area contributed by atoms with Gasteiger partial charge in [-0.25, -0.2) is 0 Å². The summed E-state index contributed by atoms with van der Waals surface area (Å²) >= 11 is 0. The Morgan fingerprint density at radius 1 is 0.939 bits per heavy atom. The second kappa shape index (κ2) is 9.18. The van der Waals surface area contributed by atoms with Crippen molar-refractivity contribution in [1.82, 2.24) is 25.3 Å². The third kappa shape index (κ3) is 5.05. The summed E-state index contributed by atoms with van der Waals surface area (Å²) in [5.41, 5.74) is -1.31. The molecule has 33 heavy (non-hydrogen) atoms. The van der Waals surface area contributed by atoms with E-state index in [1.807, 2.05) is 0 Å². The van der Waals surface area contributed by atoms with Crippen LogP contribution in [0.3, 0.4) is 0 Å². The lowest BCUT2D eigenvalue weighted by Crippen LogP contribution is -2.48. The largest absolute Gasteiger partial charge is 0.417 e. The van der Waals surface area contributed by atoms with Gasteiger partial charge in [0.05, 0.1) is 17.8 Å². The lowest BCUT2D eigenvalue weighted by molar-refractivity contribution is -0.138. The van der Waals surface area contributed by atoms with E-state index in [-0.39, 0.29) is 18.2 Å². The Kier molecular flexibility index (Phi) is 6.16. The van der Waals surface area contributed by atoms with Gasteiger partial charge in [-0.05, 0) is 42.8 Å². The summed E-state index contributed by atoms with van der Waals surface area (Å²) in [4.78, 5) is 28.2. The zero-order valence-electron chi connectivity index (χ0n) is 17.2. The molecule has 0 atom stereocenters.